The molecule has 1 atom stereocenters. The highest BCUT2D eigenvalue weighted by atomic mass is 19.1. The number of fused-ring (bicyclic) bond motifs is 1. The van der Waals surface area contributed by atoms with E-state index >= 15 is 0 Å². The molecule has 0 saturated heterocycles. The fourth-order valence-electron chi connectivity index (χ4n) is 3.50. The summed E-state index contributed by atoms with van der Waals surface area (Å²) in [6.07, 6.45) is 3.25. The number of nitrogens with zero attached hydrogens (tertiary/aromatic N) is 1. The van der Waals surface area contributed by atoms with Crippen LogP contribution in [0.4, 0.5) is 4.39 Å². The minimum atomic E-state index is -0.469. The molecule has 1 unspecified atom stereocenters. The Labute approximate surface area is 146 Å². The first-order valence-corrected chi connectivity index (χ1v) is 8.65. The van der Waals surface area contributed by atoms with Crippen molar-refractivity contribution in [3.63, 3.8) is 0 Å². The van der Waals surface area contributed by atoms with Gasteiger partial charge in [0.15, 0.2) is 0 Å². The molecule has 1 aliphatic rings. The summed E-state index contributed by atoms with van der Waals surface area (Å²) in [6.45, 7) is 1.24. The SMILES string of the molecule is OC(c1ccccc1)C1(CNCc2cc(F)cc3cccnc23)CC1. The van der Waals surface area contributed by atoms with Crippen LogP contribution in [0.5, 0.6) is 0 Å². The number of hydrogen-bond donors (Lipinski definition) is 2. The molecule has 1 aliphatic carbocycles. The lowest BCUT2D eigenvalue weighted by Gasteiger charge is -2.23. The molecule has 1 fully saturated rings. The zero-order valence-corrected chi connectivity index (χ0v) is 14.0. The van der Waals surface area contributed by atoms with E-state index in [1.165, 1.54) is 12.1 Å². The van der Waals surface area contributed by atoms with Crippen molar-refractivity contribution in [3.8, 4) is 0 Å². The number of hydrogen-bond acceptors (Lipinski definition) is 3. The van der Waals surface area contributed by atoms with Crippen LogP contribution in [0.3, 0.4) is 0 Å². The van der Waals surface area contributed by atoms with E-state index in [1.807, 2.05) is 42.5 Å². The Kier molecular flexibility index (Phi) is 4.24. The molecule has 3 aromatic rings. The molecule has 1 saturated carbocycles. The Morgan fingerprint density at radius 1 is 1.12 bits per heavy atom. The van der Waals surface area contributed by atoms with Crippen LogP contribution in [0.2, 0.25) is 0 Å². The van der Waals surface area contributed by atoms with Gasteiger partial charge in [0, 0.05) is 30.1 Å². The molecule has 0 aliphatic heterocycles. The summed E-state index contributed by atoms with van der Waals surface area (Å²) in [5.41, 5.74) is 2.52. The van der Waals surface area contributed by atoms with Gasteiger partial charge in [0.05, 0.1) is 11.6 Å². The topological polar surface area (TPSA) is 45.1 Å². The third-order valence-electron chi connectivity index (χ3n) is 5.13. The Bertz CT molecular complexity index is 877. The van der Waals surface area contributed by atoms with E-state index in [4.69, 9.17) is 0 Å². The molecule has 0 radical (unpaired) electrons. The molecular weight excluding hydrogens is 315 g/mol. The molecule has 1 heterocycles. The van der Waals surface area contributed by atoms with Crippen molar-refractivity contribution < 1.29 is 9.50 Å². The summed E-state index contributed by atoms with van der Waals surface area (Å²) < 4.78 is 13.8. The van der Waals surface area contributed by atoms with Crippen LogP contribution in [-0.4, -0.2) is 16.6 Å². The summed E-state index contributed by atoms with van der Waals surface area (Å²) >= 11 is 0. The maximum Gasteiger partial charge on any atom is 0.124 e. The molecule has 25 heavy (non-hydrogen) atoms. The van der Waals surface area contributed by atoms with Crippen molar-refractivity contribution in [2.45, 2.75) is 25.5 Å². The number of benzene rings is 2. The van der Waals surface area contributed by atoms with Crippen LogP contribution >= 0.6 is 0 Å². The number of aromatic nitrogens is 1. The summed E-state index contributed by atoms with van der Waals surface area (Å²) in [5.74, 6) is -0.247. The number of pyridine rings is 1. The Morgan fingerprint density at radius 3 is 2.68 bits per heavy atom. The first kappa shape index (κ1) is 16.2. The molecule has 4 rings (SSSR count). The average Bonchev–Trinajstić information content (AvgIpc) is 3.42. The molecule has 1 aromatic heterocycles. The minimum Gasteiger partial charge on any atom is -0.388 e. The number of aliphatic hydroxyl groups excluding tert-OH is 1. The third-order valence-corrected chi connectivity index (χ3v) is 5.13. The standard InChI is InChI=1S/C21H21FN2O/c22-18-11-16-7-4-10-24-19(16)17(12-18)13-23-14-21(8-9-21)20(25)15-5-2-1-3-6-15/h1-7,10-12,20,23,25H,8-9,13-14H2. The zero-order chi connectivity index (χ0) is 17.3. The molecule has 4 heteroatoms. The number of nitrogens with one attached hydrogen (secondary N) is 1. The van der Waals surface area contributed by atoms with Gasteiger partial charge in [-0.3, -0.25) is 4.98 Å². The molecule has 3 nitrogen and oxygen atoms in total. The van der Waals surface area contributed by atoms with Crippen LogP contribution in [-0.2, 0) is 6.54 Å². The Hall–Kier alpha value is -2.30. The van der Waals surface area contributed by atoms with Crippen molar-refractivity contribution in [3.05, 3.63) is 77.7 Å². The highest BCUT2D eigenvalue weighted by molar-refractivity contribution is 5.81. The van der Waals surface area contributed by atoms with Gasteiger partial charge in [-0.2, -0.15) is 0 Å². The first-order valence-electron chi connectivity index (χ1n) is 8.65. The highest BCUT2D eigenvalue weighted by Crippen LogP contribution is 2.54. The molecule has 0 spiro atoms. The normalized spacial score (nSPS) is 16.7. The van der Waals surface area contributed by atoms with Gasteiger partial charge < -0.3 is 10.4 Å². The molecule has 0 amide bonds. The number of aliphatic hydroxyl groups is 1. The van der Waals surface area contributed by atoms with E-state index in [1.54, 1.807) is 6.20 Å². The maximum atomic E-state index is 13.8. The Balaban J connectivity index is 1.46. The van der Waals surface area contributed by atoms with Gasteiger partial charge in [0.25, 0.3) is 0 Å². The molecule has 2 N–H and O–H groups in total. The van der Waals surface area contributed by atoms with E-state index in [9.17, 15) is 9.50 Å². The second kappa shape index (κ2) is 6.54. The van der Waals surface area contributed by atoms with E-state index in [-0.39, 0.29) is 11.2 Å². The van der Waals surface area contributed by atoms with Gasteiger partial charge in [-0.15, -0.1) is 0 Å². The fourth-order valence-corrected chi connectivity index (χ4v) is 3.50. The summed E-state index contributed by atoms with van der Waals surface area (Å²) in [5, 5.41) is 14.9. The smallest absolute Gasteiger partial charge is 0.124 e. The second-order valence-corrected chi connectivity index (χ2v) is 6.92. The lowest BCUT2D eigenvalue weighted by atomic mass is 9.92. The van der Waals surface area contributed by atoms with Crippen LogP contribution < -0.4 is 5.32 Å². The van der Waals surface area contributed by atoms with Gasteiger partial charge in [-0.1, -0.05) is 36.4 Å². The van der Waals surface area contributed by atoms with E-state index in [2.05, 4.69) is 10.3 Å². The minimum absolute atomic E-state index is 0.113. The lowest BCUT2D eigenvalue weighted by Crippen LogP contribution is -2.28. The zero-order valence-electron chi connectivity index (χ0n) is 14.0. The largest absolute Gasteiger partial charge is 0.388 e. The predicted octanol–water partition coefficient (Wildman–Crippen LogP) is 3.98. The van der Waals surface area contributed by atoms with E-state index < -0.39 is 6.10 Å². The molecule has 0 bridgehead atoms. The molecule has 2 aromatic carbocycles. The van der Waals surface area contributed by atoms with Crippen molar-refractivity contribution in [2.75, 3.05) is 6.54 Å². The van der Waals surface area contributed by atoms with Crippen LogP contribution in [0, 0.1) is 11.2 Å². The average molecular weight is 336 g/mol. The van der Waals surface area contributed by atoms with Crippen molar-refractivity contribution >= 4 is 10.9 Å². The molecule has 128 valence electrons. The van der Waals surface area contributed by atoms with Crippen LogP contribution in [0.15, 0.2) is 60.8 Å². The lowest BCUT2D eigenvalue weighted by molar-refractivity contribution is 0.0917. The third kappa shape index (κ3) is 3.28. The molecular formula is C21H21FN2O. The predicted molar refractivity (Wildman–Crippen MR) is 96.5 cm³/mol. The Morgan fingerprint density at radius 2 is 1.92 bits per heavy atom. The van der Waals surface area contributed by atoms with Crippen LogP contribution in [0.25, 0.3) is 10.9 Å². The van der Waals surface area contributed by atoms with Gasteiger partial charge in [-0.25, -0.2) is 4.39 Å². The van der Waals surface area contributed by atoms with E-state index in [0.29, 0.717) is 13.1 Å². The van der Waals surface area contributed by atoms with Crippen molar-refractivity contribution in [2.24, 2.45) is 5.41 Å². The van der Waals surface area contributed by atoms with Crippen molar-refractivity contribution in [1.29, 1.82) is 0 Å². The van der Waals surface area contributed by atoms with Gasteiger partial charge in [0.2, 0.25) is 0 Å². The monoisotopic (exact) mass is 336 g/mol. The van der Waals surface area contributed by atoms with Crippen molar-refractivity contribution in [1.82, 2.24) is 10.3 Å². The van der Waals surface area contributed by atoms with Crippen LogP contribution in [0.1, 0.15) is 30.1 Å². The second-order valence-electron chi connectivity index (χ2n) is 6.92. The van der Waals surface area contributed by atoms with Gasteiger partial charge in [0.1, 0.15) is 5.82 Å². The first-order chi connectivity index (χ1) is 12.2. The van der Waals surface area contributed by atoms with E-state index in [0.717, 1.165) is 34.9 Å². The number of halogens is 1. The highest BCUT2D eigenvalue weighted by Gasteiger charge is 2.48. The maximum absolute atomic E-state index is 13.8. The van der Waals surface area contributed by atoms with Gasteiger partial charge in [-0.05, 0) is 42.2 Å². The quantitative estimate of drug-likeness (QED) is 0.716. The summed E-state index contributed by atoms with van der Waals surface area (Å²) in [6, 6.07) is 16.5. The fraction of sp³-hybridized carbons (Fsp3) is 0.286. The number of rotatable bonds is 6. The van der Waals surface area contributed by atoms with Gasteiger partial charge >= 0.3 is 0 Å². The summed E-state index contributed by atoms with van der Waals surface area (Å²) in [4.78, 5) is 4.38. The summed E-state index contributed by atoms with van der Waals surface area (Å²) in [7, 11) is 0.